The standard InChI is InChI=1S/C17H15BrF3NO2/c1-11-2-5-13(6-3-11)24-9-8-16(23)22-12-4-7-15(18)14(10-12)17(19,20)21/h2-7,10H,8-9H2,1H3,(H,22,23). The molecule has 0 spiro atoms. The maximum absolute atomic E-state index is 12.8. The van der Waals surface area contributed by atoms with E-state index in [1.807, 2.05) is 19.1 Å². The Hall–Kier alpha value is -2.02. The third-order valence-corrected chi connectivity index (χ3v) is 3.87. The Morgan fingerprint density at radius 3 is 2.46 bits per heavy atom. The molecular formula is C17H15BrF3NO2. The van der Waals surface area contributed by atoms with E-state index in [-0.39, 0.29) is 23.2 Å². The van der Waals surface area contributed by atoms with E-state index in [0.29, 0.717) is 5.75 Å². The zero-order valence-corrected chi connectivity index (χ0v) is 14.4. The zero-order chi connectivity index (χ0) is 17.7. The van der Waals surface area contributed by atoms with E-state index < -0.39 is 17.6 Å². The van der Waals surface area contributed by atoms with Crippen LogP contribution in [0.25, 0.3) is 0 Å². The molecule has 24 heavy (non-hydrogen) atoms. The number of rotatable bonds is 5. The minimum atomic E-state index is -4.49. The molecule has 128 valence electrons. The Balaban J connectivity index is 1.89. The second-order valence-electron chi connectivity index (χ2n) is 5.15. The highest BCUT2D eigenvalue weighted by atomic mass is 79.9. The van der Waals surface area contributed by atoms with Crippen molar-refractivity contribution in [2.75, 3.05) is 11.9 Å². The van der Waals surface area contributed by atoms with Gasteiger partial charge in [-0.2, -0.15) is 13.2 Å². The minimum absolute atomic E-state index is 0.0330. The van der Waals surface area contributed by atoms with Gasteiger partial charge in [-0.25, -0.2) is 0 Å². The highest BCUT2D eigenvalue weighted by Crippen LogP contribution is 2.36. The first-order chi connectivity index (χ1) is 11.3. The number of benzene rings is 2. The fraction of sp³-hybridized carbons (Fsp3) is 0.235. The van der Waals surface area contributed by atoms with Gasteiger partial charge in [0.2, 0.25) is 5.91 Å². The van der Waals surface area contributed by atoms with E-state index in [1.54, 1.807) is 12.1 Å². The van der Waals surface area contributed by atoms with Crippen LogP contribution in [0.3, 0.4) is 0 Å². The van der Waals surface area contributed by atoms with Crippen LogP contribution in [-0.4, -0.2) is 12.5 Å². The van der Waals surface area contributed by atoms with Crippen molar-refractivity contribution in [1.29, 1.82) is 0 Å². The van der Waals surface area contributed by atoms with Crippen LogP contribution in [0.15, 0.2) is 46.9 Å². The van der Waals surface area contributed by atoms with Crippen LogP contribution < -0.4 is 10.1 Å². The molecule has 2 rings (SSSR count). The monoisotopic (exact) mass is 401 g/mol. The molecule has 0 aromatic heterocycles. The molecule has 2 aromatic carbocycles. The number of halogens is 4. The lowest BCUT2D eigenvalue weighted by atomic mass is 10.2. The third kappa shape index (κ3) is 5.26. The van der Waals surface area contributed by atoms with Crippen molar-refractivity contribution in [3.8, 4) is 5.75 Å². The predicted octanol–water partition coefficient (Wildman–Crippen LogP) is 5.18. The van der Waals surface area contributed by atoms with Crippen molar-refractivity contribution < 1.29 is 22.7 Å². The molecule has 0 saturated heterocycles. The number of hydrogen-bond donors (Lipinski definition) is 1. The van der Waals surface area contributed by atoms with Gasteiger partial charge in [0.15, 0.2) is 0 Å². The molecule has 0 radical (unpaired) electrons. The molecule has 0 heterocycles. The first kappa shape index (κ1) is 18.3. The number of ether oxygens (including phenoxy) is 1. The Morgan fingerprint density at radius 1 is 1.17 bits per heavy atom. The quantitative estimate of drug-likeness (QED) is 0.748. The average molecular weight is 402 g/mol. The molecule has 0 unspecified atom stereocenters. The Morgan fingerprint density at radius 2 is 1.83 bits per heavy atom. The smallest absolute Gasteiger partial charge is 0.417 e. The summed E-state index contributed by atoms with van der Waals surface area (Å²) in [5.41, 5.74) is 0.345. The van der Waals surface area contributed by atoms with Gasteiger partial charge >= 0.3 is 6.18 Å². The maximum atomic E-state index is 12.8. The number of nitrogens with one attached hydrogen (secondary N) is 1. The zero-order valence-electron chi connectivity index (χ0n) is 12.8. The molecule has 0 aliphatic carbocycles. The maximum Gasteiger partial charge on any atom is 0.417 e. The molecule has 0 aliphatic heterocycles. The van der Waals surface area contributed by atoms with Crippen LogP contribution in [0.2, 0.25) is 0 Å². The first-order valence-corrected chi connectivity index (χ1v) is 7.91. The van der Waals surface area contributed by atoms with Crippen molar-refractivity contribution in [2.45, 2.75) is 19.5 Å². The topological polar surface area (TPSA) is 38.3 Å². The SMILES string of the molecule is Cc1ccc(OCCC(=O)Nc2ccc(Br)c(C(F)(F)F)c2)cc1. The lowest BCUT2D eigenvalue weighted by Crippen LogP contribution is -2.16. The van der Waals surface area contributed by atoms with Crippen molar-refractivity contribution in [3.05, 3.63) is 58.1 Å². The summed E-state index contributed by atoms with van der Waals surface area (Å²) in [6.07, 6.45) is -4.46. The normalized spacial score (nSPS) is 11.2. The number of aryl methyl sites for hydroxylation is 1. The van der Waals surface area contributed by atoms with E-state index in [1.165, 1.54) is 12.1 Å². The number of carbonyl (C=O) groups is 1. The van der Waals surface area contributed by atoms with Gasteiger partial charge in [0.25, 0.3) is 0 Å². The summed E-state index contributed by atoms with van der Waals surface area (Å²) in [7, 11) is 0. The van der Waals surface area contributed by atoms with E-state index in [0.717, 1.165) is 11.6 Å². The number of anilines is 1. The largest absolute Gasteiger partial charge is 0.493 e. The van der Waals surface area contributed by atoms with E-state index in [2.05, 4.69) is 21.2 Å². The summed E-state index contributed by atoms with van der Waals surface area (Å²) in [6.45, 7) is 2.09. The van der Waals surface area contributed by atoms with Gasteiger partial charge in [-0.3, -0.25) is 4.79 Å². The molecule has 0 saturated carbocycles. The van der Waals surface area contributed by atoms with E-state index >= 15 is 0 Å². The molecule has 0 atom stereocenters. The van der Waals surface area contributed by atoms with Crippen LogP contribution in [0.5, 0.6) is 5.75 Å². The molecule has 2 aromatic rings. The van der Waals surface area contributed by atoms with Crippen LogP contribution in [0.4, 0.5) is 18.9 Å². The van der Waals surface area contributed by atoms with Gasteiger partial charge in [0, 0.05) is 10.2 Å². The number of alkyl halides is 3. The van der Waals surface area contributed by atoms with Crippen molar-refractivity contribution >= 4 is 27.5 Å². The lowest BCUT2D eigenvalue weighted by molar-refractivity contribution is -0.138. The molecule has 7 heteroatoms. The lowest BCUT2D eigenvalue weighted by Gasteiger charge is -2.12. The second kappa shape index (κ2) is 7.70. The van der Waals surface area contributed by atoms with Gasteiger partial charge < -0.3 is 10.1 Å². The van der Waals surface area contributed by atoms with Gasteiger partial charge in [0.1, 0.15) is 5.75 Å². The Bertz CT molecular complexity index is 715. The van der Waals surface area contributed by atoms with Gasteiger partial charge in [-0.1, -0.05) is 33.6 Å². The summed E-state index contributed by atoms with van der Waals surface area (Å²) in [5.74, 6) is 0.217. The predicted molar refractivity (Wildman–Crippen MR) is 89.1 cm³/mol. The molecule has 0 aliphatic rings. The molecule has 0 fully saturated rings. The van der Waals surface area contributed by atoms with Crippen LogP contribution in [0, 0.1) is 6.92 Å². The number of carbonyl (C=O) groups excluding carboxylic acids is 1. The average Bonchev–Trinajstić information content (AvgIpc) is 2.50. The molecular weight excluding hydrogens is 387 g/mol. The van der Waals surface area contributed by atoms with Crippen LogP contribution in [-0.2, 0) is 11.0 Å². The number of hydrogen-bond acceptors (Lipinski definition) is 2. The summed E-state index contributed by atoms with van der Waals surface area (Å²) in [6, 6.07) is 10.9. The summed E-state index contributed by atoms with van der Waals surface area (Å²) < 4.78 is 43.8. The summed E-state index contributed by atoms with van der Waals surface area (Å²) in [4.78, 5) is 11.8. The van der Waals surface area contributed by atoms with Gasteiger partial charge in [-0.15, -0.1) is 0 Å². The summed E-state index contributed by atoms with van der Waals surface area (Å²) >= 11 is 2.85. The van der Waals surface area contributed by atoms with Crippen molar-refractivity contribution in [2.24, 2.45) is 0 Å². The fourth-order valence-electron chi connectivity index (χ4n) is 1.94. The molecule has 1 amide bonds. The summed E-state index contributed by atoms with van der Waals surface area (Å²) in [5, 5.41) is 2.44. The van der Waals surface area contributed by atoms with Gasteiger partial charge in [-0.05, 0) is 37.3 Å². The van der Waals surface area contributed by atoms with E-state index in [4.69, 9.17) is 4.74 Å². The minimum Gasteiger partial charge on any atom is -0.493 e. The third-order valence-electron chi connectivity index (χ3n) is 3.17. The number of amides is 1. The first-order valence-electron chi connectivity index (χ1n) is 7.12. The molecule has 0 bridgehead atoms. The van der Waals surface area contributed by atoms with E-state index in [9.17, 15) is 18.0 Å². The second-order valence-corrected chi connectivity index (χ2v) is 6.01. The van der Waals surface area contributed by atoms with Crippen molar-refractivity contribution in [3.63, 3.8) is 0 Å². The van der Waals surface area contributed by atoms with Crippen molar-refractivity contribution in [1.82, 2.24) is 0 Å². The fourth-order valence-corrected chi connectivity index (χ4v) is 2.41. The molecule has 3 nitrogen and oxygen atoms in total. The van der Waals surface area contributed by atoms with Crippen LogP contribution >= 0.6 is 15.9 Å². The van der Waals surface area contributed by atoms with Crippen LogP contribution in [0.1, 0.15) is 17.5 Å². The highest BCUT2D eigenvalue weighted by Gasteiger charge is 2.33. The van der Waals surface area contributed by atoms with Gasteiger partial charge in [0.05, 0.1) is 18.6 Å². The Labute approximate surface area is 146 Å². The highest BCUT2D eigenvalue weighted by molar-refractivity contribution is 9.10. The molecule has 1 N–H and O–H groups in total. The Kier molecular flexibility index (Phi) is 5.88.